The fourth-order valence-corrected chi connectivity index (χ4v) is 4.23. The van der Waals surface area contributed by atoms with Gasteiger partial charge in [-0.15, -0.1) is 0 Å². The lowest BCUT2D eigenvalue weighted by Crippen LogP contribution is -2.42. The molecule has 0 saturated carbocycles. The number of hydrogen-bond donors (Lipinski definition) is 5. The van der Waals surface area contributed by atoms with Gasteiger partial charge in [-0.25, -0.2) is 9.59 Å². The summed E-state index contributed by atoms with van der Waals surface area (Å²) in [7, 11) is 4.23. The topological polar surface area (TPSA) is 159 Å². The lowest BCUT2D eigenvalue weighted by molar-refractivity contribution is -0.193. The van der Waals surface area contributed by atoms with E-state index in [1.165, 1.54) is 0 Å². The van der Waals surface area contributed by atoms with Crippen LogP contribution in [0.4, 0.5) is 37.7 Å². The van der Waals surface area contributed by atoms with Crippen LogP contribution in [0.3, 0.4) is 0 Å². The maximum Gasteiger partial charge on any atom is 0.490 e. The molecule has 0 radical (unpaired) electrons. The van der Waals surface area contributed by atoms with Gasteiger partial charge in [0, 0.05) is 35.9 Å². The van der Waals surface area contributed by atoms with Gasteiger partial charge in [-0.2, -0.15) is 31.4 Å². The number of piperidine rings is 1. The number of aliphatic hydroxyl groups is 1. The highest BCUT2D eigenvalue weighted by Gasteiger charge is 2.39. The Balaban J connectivity index is 0.000000440. The summed E-state index contributed by atoms with van der Waals surface area (Å²) in [6, 6.07) is 13.1. The van der Waals surface area contributed by atoms with Gasteiger partial charge < -0.3 is 30.4 Å². The van der Waals surface area contributed by atoms with Crippen molar-refractivity contribution in [1.29, 1.82) is 0 Å². The van der Waals surface area contributed by atoms with Crippen molar-refractivity contribution in [2.24, 2.45) is 0 Å². The fraction of sp³-hybridized carbons (Fsp3) is 0.357. The number of H-pyrrole nitrogens is 1. The van der Waals surface area contributed by atoms with E-state index >= 15 is 0 Å². The number of halogens is 7. The minimum atomic E-state index is -5.08. The standard InChI is InChI=1S/C24H28ClN5O2.2C2HF3O2/c1-29(2)20-9-11-30(12-10-20)22-13-17(18-14-26-27-15-18)5-8-21(22)28-24(32)23(31)16-3-6-19(25)7-4-16;2*3-2(4,5)1(6)7/h3-8,13-15,20,23,31H,9-12H2,1-2H3,(H,26,27)(H,28,32);2*(H,6,7). The monoisotopic (exact) mass is 681 g/mol. The second-order valence-corrected chi connectivity index (χ2v) is 10.4. The molecular formula is C28H30ClF6N5O6. The number of hydrogen-bond acceptors (Lipinski definition) is 7. The molecule has 1 amide bonds. The van der Waals surface area contributed by atoms with Crippen LogP contribution in [0.2, 0.25) is 5.02 Å². The van der Waals surface area contributed by atoms with E-state index in [0.717, 1.165) is 42.7 Å². The summed E-state index contributed by atoms with van der Waals surface area (Å²) in [4.78, 5) is 35.2. The van der Waals surface area contributed by atoms with Crippen LogP contribution < -0.4 is 10.2 Å². The van der Waals surface area contributed by atoms with Gasteiger partial charge in [-0.05, 0) is 62.3 Å². The summed E-state index contributed by atoms with van der Waals surface area (Å²) in [5.41, 5.74) is 4.11. The minimum Gasteiger partial charge on any atom is -0.475 e. The second kappa shape index (κ2) is 16.3. The van der Waals surface area contributed by atoms with Crippen molar-refractivity contribution in [2.45, 2.75) is 37.3 Å². The molecule has 5 N–H and O–H groups in total. The van der Waals surface area contributed by atoms with Crippen LogP contribution in [0.25, 0.3) is 11.1 Å². The SMILES string of the molecule is CN(C)C1CCN(c2cc(-c3cn[nH]c3)ccc2NC(=O)C(O)c2ccc(Cl)cc2)CC1.O=C(O)C(F)(F)F.O=C(O)C(F)(F)F. The van der Waals surface area contributed by atoms with Gasteiger partial charge in [0.25, 0.3) is 5.91 Å². The molecule has 0 spiro atoms. The van der Waals surface area contributed by atoms with Crippen LogP contribution in [0, 0.1) is 0 Å². The number of nitrogens with zero attached hydrogens (tertiary/aromatic N) is 3. The number of aromatic nitrogens is 2. The van der Waals surface area contributed by atoms with Crippen molar-refractivity contribution >= 4 is 40.8 Å². The molecule has 1 fully saturated rings. The number of carboxylic acids is 2. The molecule has 11 nitrogen and oxygen atoms in total. The molecule has 1 saturated heterocycles. The fourth-order valence-electron chi connectivity index (χ4n) is 4.11. The summed E-state index contributed by atoms with van der Waals surface area (Å²) < 4.78 is 63.5. The van der Waals surface area contributed by atoms with Gasteiger partial charge in [-0.3, -0.25) is 9.89 Å². The number of nitrogens with one attached hydrogen (secondary N) is 2. The van der Waals surface area contributed by atoms with Gasteiger partial charge in [-0.1, -0.05) is 29.8 Å². The summed E-state index contributed by atoms with van der Waals surface area (Å²) in [6.07, 6.45) is -5.74. The second-order valence-electron chi connectivity index (χ2n) is 9.95. The van der Waals surface area contributed by atoms with Crippen LogP contribution >= 0.6 is 11.6 Å². The van der Waals surface area contributed by atoms with Gasteiger partial charge in [0.1, 0.15) is 0 Å². The lowest BCUT2D eigenvalue weighted by Gasteiger charge is -2.37. The van der Waals surface area contributed by atoms with Crippen LogP contribution in [0.15, 0.2) is 54.9 Å². The Labute approximate surface area is 263 Å². The zero-order valence-electron chi connectivity index (χ0n) is 24.2. The van der Waals surface area contributed by atoms with Crippen molar-refractivity contribution in [2.75, 3.05) is 37.4 Å². The molecule has 1 aliphatic heterocycles. The first kappa shape index (κ1) is 37.8. The number of aliphatic hydroxyl groups excluding tert-OH is 1. The van der Waals surface area contributed by atoms with Crippen molar-refractivity contribution in [3.05, 3.63) is 65.4 Å². The van der Waals surface area contributed by atoms with Crippen molar-refractivity contribution < 1.29 is 56.0 Å². The maximum absolute atomic E-state index is 12.9. The zero-order chi connectivity index (χ0) is 34.8. The molecule has 3 aromatic rings. The smallest absolute Gasteiger partial charge is 0.475 e. The molecule has 252 valence electrons. The Morgan fingerprint density at radius 1 is 0.957 bits per heavy atom. The summed E-state index contributed by atoms with van der Waals surface area (Å²) in [5.74, 6) is -5.99. The van der Waals surface area contributed by atoms with Crippen molar-refractivity contribution in [3.63, 3.8) is 0 Å². The van der Waals surface area contributed by atoms with Gasteiger partial charge >= 0.3 is 24.3 Å². The number of carbonyl (C=O) groups is 3. The summed E-state index contributed by atoms with van der Waals surface area (Å²) in [5, 5.41) is 35.2. The Hall–Kier alpha value is -4.35. The van der Waals surface area contributed by atoms with Crippen molar-refractivity contribution in [3.8, 4) is 11.1 Å². The van der Waals surface area contributed by atoms with Gasteiger partial charge in [0.05, 0.1) is 17.6 Å². The first-order chi connectivity index (χ1) is 21.3. The predicted molar refractivity (Wildman–Crippen MR) is 155 cm³/mol. The number of aromatic amines is 1. The first-order valence-corrected chi connectivity index (χ1v) is 13.6. The molecule has 18 heteroatoms. The van der Waals surface area contributed by atoms with Crippen LogP contribution in [-0.2, 0) is 14.4 Å². The number of carboxylic acid groups (broad SMARTS) is 2. The molecule has 1 atom stereocenters. The van der Waals surface area contributed by atoms with Crippen molar-refractivity contribution in [1.82, 2.24) is 15.1 Å². The molecule has 0 aliphatic carbocycles. The third-order valence-corrected chi connectivity index (χ3v) is 6.79. The van der Waals surface area contributed by atoms with Gasteiger partial charge in [0.15, 0.2) is 6.10 Å². The highest BCUT2D eigenvalue weighted by Crippen LogP contribution is 2.34. The lowest BCUT2D eigenvalue weighted by atomic mass is 10.0. The number of carbonyl (C=O) groups excluding carboxylic acids is 1. The molecular weight excluding hydrogens is 652 g/mol. The molecule has 0 bridgehead atoms. The largest absolute Gasteiger partial charge is 0.490 e. The number of aliphatic carboxylic acids is 2. The number of benzene rings is 2. The average Bonchev–Trinajstić information content (AvgIpc) is 3.52. The maximum atomic E-state index is 12.9. The summed E-state index contributed by atoms with van der Waals surface area (Å²) in [6.45, 7) is 1.78. The molecule has 1 aromatic heterocycles. The first-order valence-electron chi connectivity index (χ1n) is 13.2. The molecule has 2 heterocycles. The third-order valence-electron chi connectivity index (χ3n) is 6.54. The Morgan fingerprint density at radius 2 is 1.48 bits per heavy atom. The zero-order valence-corrected chi connectivity index (χ0v) is 25.0. The van der Waals surface area contributed by atoms with E-state index in [1.807, 2.05) is 18.3 Å². The molecule has 46 heavy (non-hydrogen) atoms. The normalized spacial score (nSPS) is 14.4. The Morgan fingerprint density at radius 3 is 1.91 bits per heavy atom. The van der Waals surface area contributed by atoms with E-state index in [0.29, 0.717) is 22.3 Å². The number of amides is 1. The van der Waals surface area contributed by atoms with E-state index in [2.05, 4.69) is 45.5 Å². The van der Waals surface area contributed by atoms with E-state index in [4.69, 9.17) is 31.4 Å². The Bertz CT molecular complexity index is 1420. The van der Waals surface area contributed by atoms with E-state index in [9.17, 15) is 36.2 Å². The van der Waals surface area contributed by atoms with E-state index < -0.39 is 36.3 Å². The van der Waals surface area contributed by atoms with Gasteiger partial charge in [0.2, 0.25) is 0 Å². The molecule has 1 unspecified atom stereocenters. The van der Waals surface area contributed by atoms with Crippen LogP contribution in [-0.4, -0.2) is 93.8 Å². The minimum absolute atomic E-state index is 0.479. The number of rotatable bonds is 6. The quantitative estimate of drug-likeness (QED) is 0.221. The van der Waals surface area contributed by atoms with Crippen LogP contribution in [0.1, 0.15) is 24.5 Å². The van der Waals surface area contributed by atoms with E-state index in [-0.39, 0.29) is 0 Å². The molecule has 4 rings (SSSR count). The van der Waals surface area contributed by atoms with E-state index in [1.54, 1.807) is 30.5 Å². The molecule has 2 aromatic carbocycles. The highest BCUT2D eigenvalue weighted by atomic mass is 35.5. The predicted octanol–water partition coefficient (Wildman–Crippen LogP) is 5.20. The average molecular weight is 682 g/mol. The number of anilines is 2. The van der Waals surface area contributed by atoms with Crippen LogP contribution in [0.5, 0.6) is 0 Å². The summed E-state index contributed by atoms with van der Waals surface area (Å²) >= 11 is 5.92. The Kier molecular flexibility index (Phi) is 13.4. The number of alkyl halides is 6. The highest BCUT2D eigenvalue weighted by molar-refractivity contribution is 6.30. The third kappa shape index (κ3) is 11.5. The molecule has 1 aliphatic rings.